The third-order valence-corrected chi connectivity index (χ3v) is 2.96. The smallest absolute Gasteiger partial charge is 0.127 e. The second-order valence-electron chi connectivity index (χ2n) is 4.22. The molecule has 0 aliphatic carbocycles. The maximum Gasteiger partial charge on any atom is 0.127 e. The van der Waals surface area contributed by atoms with Gasteiger partial charge in [0.05, 0.1) is 23.6 Å². The molecular weight excluding hydrogens is 239 g/mol. The fourth-order valence-electron chi connectivity index (χ4n) is 1.93. The molecule has 0 aromatic heterocycles. The second-order valence-corrected chi connectivity index (χ2v) is 4.22. The van der Waals surface area contributed by atoms with Crippen LogP contribution in [0, 0.1) is 28.5 Å². The van der Waals surface area contributed by atoms with Crippen molar-refractivity contribution < 1.29 is 4.39 Å². The molecule has 2 aromatic rings. The molecule has 0 saturated heterocycles. The number of nitrogens with zero attached hydrogens (tertiary/aromatic N) is 2. The van der Waals surface area contributed by atoms with Crippen LogP contribution in [-0.4, -0.2) is 0 Å². The van der Waals surface area contributed by atoms with Gasteiger partial charge in [-0.1, -0.05) is 30.3 Å². The highest BCUT2D eigenvalue weighted by Crippen LogP contribution is 2.23. The molecule has 0 heterocycles. The van der Waals surface area contributed by atoms with E-state index in [0.717, 1.165) is 5.56 Å². The van der Waals surface area contributed by atoms with E-state index >= 15 is 0 Å². The molecule has 2 nitrogen and oxygen atoms in total. The van der Waals surface area contributed by atoms with Crippen molar-refractivity contribution in [3.63, 3.8) is 0 Å². The van der Waals surface area contributed by atoms with Crippen molar-refractivity contribution in [2.75, 3.05) is 0 Å². The molecule has 0 bridgehead atoms. The lowest BCUT2D eigenvalue weighted by Crippen LogP contribution is -2.03. The lowest BCUT2D eigenvalue weighted by atomic mass is 9.92. The van der Waals surface area contributed by atoms with E-state index in [2.05, 4.69) is 6.07 Å². The largest absolute Gasteiger partial charge is 0.207 e. The van der Waals surface area contributed by atoms with E-state index in [1.165, 1.54) is 6.07 Å². The van der Waals surface area contributed by atoms with E-state index in [1.54, 1.807) is 42.5 Å². The van der Waals surface area contributed by atoms with Gasteiger partial charge in [-0.3, -0.25) is 0 Å². The van der Waals surface area contributed by atoms with Gasteiger partial charge in [-0.05, 0) is 30.2 Å². The number of nitriles is 2. The van der Waals surface area contributed by atoms with E-state index in [1.807, 2.05) is 6.07 Å². The second kappa shape index (κ2) is 5.80. The molecule has 0 aliphatic heterocycles. The minimum absolute atomic E-state index is 0.359. The van der Waals surface area contributed by atoms with E-state index < -0.39 is 5.92 Å². The van der Waals surface area contributed by atoms with Crippen molar-refractivity contribution in [2.24, 2.45) is 0 Å². The monoisotopic (exact) mass is 250 g/mol. The van der Waals surface area contributed by atoms with Gasteiger partial charge in [0.2, 0.25) is 0 Å². The molecule has 19 heavy (non-hydrogen) atoms. The summed E-state index contributed by atoms with van der Waals surface area (Å²) in [7, 11) is 0. The molecule has 0 spiro atoms. The zero-order valence-electron chi connectivity index (χ0n) is 10.2. The van der Waals surface area contributed by atoms with Crippen LogP contribution in [0.4, 0.5) is 4.39 Å². The Bertz CT molecular complexity index is 648. The fraction of sp³-hybridized carbons (Fsp3) is 0.125. The zero-order valence-corrected chi connectivity index (χ0v) is 10.2. The summed E-state index contributed by atoms with van der Waals surface area (Å²) in [4.78, 5) is 0. The lowest BCUT2D eigenvalue weighted by Gasteiger charge is -2.10. The minimum atomic E-state index is -0.519. The van der Waals surface area contributed by atoms with Crippen LogP contribution in [0.15, 0.2) is 48.5 Å². The lowest BCUT2D eigenvalue weighted by molar-refractivity contribution is 0.600. The number of benzene rings is 2. The Labute approximate surface area is 111 Å². The van der Waals surface area contributed by atoms with Crippen LogP contribution in [0.25, 0.3) is 0 Å². The Balaban J connectivity index is 2.23. The van der Waals surface area contributed by atoms with Crippen molar-refractivity contribution in [3.8, 4) is 12.1 Å². The molecule has 2 aromatic carbocycles. The molecule has 0 fully saturated rings. The normalized spacial score (nSPS) is 11.3. The summed E-state index contributed by atoms with van der Waals surface area (Å²) >= 11 is 0. The van der Waals surface area contributed by atoms with Crippen molar-refractivity contribution in [2.45, 2.75) is 12.3 Å². The number of halogens is 1. The van der Waals surface area contributed by atoms with E-state index in [-0.39, 0.29) is 5.82 Å². The molecule has 0 saturated carbocycles. The van der Waals surface area contributed by atoms with Gasteiger partial charge in [0, 0.05) is 5.56 Å². The van der Waals surface area contributed by atoms with E-state index in [9.17, 15) is 9.65 Å². The number of hydrogen-bond acceptors (Lipinski definition) is 2. The Morgan fingerprint density at radius 1 is 1.00 bits per heavy atom. The van der Waals surface area contributed by atoms with Crippen molar-refractivity contribution in [3.05, 3.63) is 71.0 Å². The SMILES string of the molecule is N#Cc1ccc(CC(C#N)c2ccccc2F)cc1. The molecule has 0 aliphatic rings. The first kappa shape index (κ1) is 12.8. The van der Waals surface area contributed by atoms with Gasteiger partial charge in [-0.2, -0.15) is 10.5 Å². The topological polar surface area (TPSA) is 47.6 Å². The molecule has 1 atom stereocenters. The van der Waals surface area contributed by atoms with Gasteiger partial charge in [0.15, 0.2) is 0 Å². The Kier molecular flexibility index (Phi) is 3.90. The van der Waals surface area contributed by atoms with Gasteiger partial charge < -0.3 is 0 Å². The van der Waals surface area contributed by atoms with Crippen LogP contribution in [-0.2, 0) is 6.42 Å². The molecule has 2 rings (SSSR count). The van der Waals surface area contributed by atoms with Gasteiger partial charge in [0.1, 0.15) is 5.82 Å². The third kappa shape index (κ3) is 2.97. The standard InChI is InChI=1S/C16H11FN2/c17-16-4-2-1-3-15(16)14(11-19)9-12-5-7-13(10-18)8-6-12/h1-8,14H,9H2. The Morgan fingerprint density at radius 3 is 2.26 bits per heavy atom. The molecule has 0 radical (unpaired) electrons. The predicted octanol–water partition coefficient (Wildman–Crippen LogP) is 3.55. The molecular formula is C16H11FN2. The summed E-state index contributed by atoms with van der Waals surface area (Å²) < 4.78 is 13.7. The Hall–Kier alpha value is -2.65. The van der Waals surface area contributed by atoms with Crippen LogP contribution in [0.3, 0.4) is 0 Å². The van der Waals surface area contributed by atoms with Crippen LogP contribution in [0.2, 0.25) is 0 Å². The highest BCUT2D eigenvalue weighted by atomic mass is 19.1. The average molecular weight is 250 g/mol. The van der Waals surface area contributed by atoms with Crippen LogP contribution in [0.1, 0.15) is 22.6 Å². The van der Waals surface area contributed by atoms with Crippen LogP contribution >= 0.6 is 0 Å². The molecule has 1 unspecified atom stereocenters. The summed E-state index contributed by atoms with van der Waals surface area (Å²) in [6, 6.07) is 17.5. The zero-order chi connectivity index (χ0) is 13.7. The molecule has 92 valence electrons. The average Bonchev–Trinajstić information content (AvgIpc) is 2.46. The fourth-order valence-corrected chi connectivity index (χ4v) is 1.93. The summed E-state index contributed by atoms with van der Waals surface area (Å²) in [6.45, 7) is 0. The van der Waals surface area contributed by atoms with Crippen molar-refractivity contribution in [1.82, 2.24) is 0 Å². The number of hydrogen-bond donors (Lipinski definition) is 0. The quantitative estimate of drug-likeness (QED) is 0.836. The summed E-state index contributed by atoms with van der Waals surface area (Å²) in [5.41, 5.74) is 1.89. The molecule has 0 amide bonds. The van der Waals surface area contributed by atoms with Crippen LogP contribution in [0.5, 0.6) is 0 Å². The van der Waals surface area contributed by atoms with Gasteiger partial charge in [-0.15, -0.1) is 0 Å². The van der Waals surface area contributed by atoms with Crippen molar-refractivity contribution >= 4 is 0 Å². The summed E-state index contributed by atoms with van der Waals surface area (Å²) in [5, 5.41) is 17.9. The highest BCUT2D eigenvalue weighted by Gasteiger charge is 2.15. The third-order valence-electron chi connectivity index (χ3n) is 2.96. The minimum Gasteiger partial charge on any atom is -0.207 e. The molecule has 3 heteroatoms. The predicted molar refractivity (Wildman–Crippen MR) is 69.6 cm³/mol. The highest BCUT2D eigenvalue weighted by molar-refractivity contribution is 5.34. The van der Waals surface area contributed by atoms with E-state index in [0.29, 0.717) is 17.5 Å². The van der Waals surface area contributed by atoms with Gasteiger partial charge in [-0.25, -0.2) is 4.39 Å². The number of rotatable bonds is 3. The maximum atomic E-state index is 13.7. The first-order valence-corrected chi connectivity index (χ1v) is 5.87. The van der Waals surface area contributed by atoms with Crippen molar-refractivity contribution in [1.29, 1.82) is 10.5 Å². The summed E-state index contributed by atoms with van der Waals surface area (Å²) in [5.74, 6) is -0.878. The van der Waals surface area contributed by atoms with Gasteiger partial charge >= 0.3 is 0 Å². The van der Waals surface area contributed by atoms with E-state index in [4.69, 9.17) is 5.26 Å². The van der Waals surface area contributed by atoms with Gasteiger partial charge in [0.25, 0.3) is 0 Å². The molecule has 0 N–H and O–H groups in total. The first-order chi connectivity index (χ1) is 9.24. The first-order valence-electron chi connectivity index (χ1n) is 5.87. The Morgan fingerprint density at radius 2 is 1.68 bits per heavy atom. The summed E-state index contributed by atoms with van der Waals surface area (Å²) in [6.07, 6.45) is 0.434. The van der Waals surface area contributed by atoms with Crippen LogP contribution < -0.4 is 0 Å². The maximum absolute atomic E-state index is 13.7.